The number of nitrogens with zero attached hydrogens (tertiary/aromatic N) is 1. The molecule has 4 N–H and O–H groups in total. The third-order valence-electron chi connectivity index (χ3n) is 7.21. The fraction of sp³-hybridized carbons (Fsp3) is 0.619. The first-order valence-electron chi connectivity index (χ1n) is 10.5. The van der Waals surface area contributed by atoms with Crippen LogP contribution >= 0.6 is 0 Å². The van der Waals surface area contributed by atoms with Crippen molar-refractivity contribution < 1.29 is 9.59 Å². The summed E-state index contributed by atoms with van der Waals surface area (Å²) in [5, 5.41) is 6.83. The molecule has 1 aromatic carbocycles. The molecule has 1 aromatic rings. The average molecular weight is 383 g/mol. The number of piperidine rings is 1. The second kappa shape index (κ2) is 6.46. The predicted molar refractivity (Wildman–Crippen MR) is 106 cm³/mol. The second-order valence-corrected chi connectivity index (χ2v) is 9.04. The molecule has 7 nitrogen and oxygen atoms in total. The number of rotatable bonds is 2. The Morgan fingerprint density at radius 1 is 1.07 bits per heavy atom. The first-order chi connectivity index (χ1) is 13.5. The molecule has 4 heterocycles. The highest BCUT2D eigenvalue weighted by atomic mass is 16.2. The molecular formula is C21H29N5O2. The second-order valence-electron chi connectivity index (χ2n) is 9.04. The summed E-state index contributed by atoms with van der Waals surface area (Å²) in [6, 6.07) is 8.64. The van der Waals surface area contributed by atoms with Gasteiger partial charge in [0.25, 0.3) is 5.91 Å². The molecule has 28 heavy (non-hydrogen) atoms. The third-order valence-corrected chi connectivity index (χ3v) is 7.21. The zero-order valence-corrected chi connectivity index (χ0v) is 16.5. The maximum Gasteiger partial charge on any atom is 0.255 e. The molecule has 4 atom stereocenters. The summed E-state index contributed by atoms with van der Waals surface area (Å²) in [5.74, 6) is 0.556. The lowest BCUT2D eigenvalue weighted by atomic mass is 9.86. The van der Waals surface area contributed by atoms with Crippen LogP contribution < -0.4 is 21.5 Å². The number of para-hydroxylation sites is 1. The van der Waals surface area contributed by atoms with Crippen LogP contribution in [0.1, 0.15) is 56.3 Å². The first kappa shape index (κ1) is 17.9. The third kappa shape index (κ3) is 2.79. The molecule has 0 radical (unpaired) electrons. The van der Waals surface area contributed by atoms with E-state index in [-0.39, 0.29) is 23.9 Å². The van der Waals surface area contributed by atoms with Crippen molar-refractivity contribution in [3.05, 3.63) is 29.8 Å². The number of anilines is 1. The van der Waals surface area contributed by atoms with Crippen molar-refractivity contribution in [2.75, 3.05) is 5.32 Å². The smallest absolute Gasteiger partial charge is 0.255 e. The van der Waals surface area contributed by atoms with Crippen LogP contribution in [0.5, 0.6) is 0 Å². The van der Waals surface area contributed by atoms with Gasteiger partial charge in [0.2, 0.25) is 5.91 Å². The van der Waals surface area contributed by atoms with Gasteiger partial charge in [-0.3, -0.25) is 20.4 Å². The fourth-order valence-corrected chi connectivity index (χ4v) is 5.80. The van der Waals surface area contributed by atoms with Gasteiger partial charge in [-0.1, -0.05) is 12.1 Å². The van der Waals surface area contributed by atoms with Crippen molar-refractivity contribution in [3.8, 4) is 0 Å². The molecule has 5 rings (SSSR count). The maximum absolute atomic E-state index is 13.2. The van der Waals surface area contributed by atoms with Gasteiger partial charge in [-0.15, -0.1) is 0 Å². The molecule has 7 heteroatoms. The summed E-state index contributed by atoms with van der Waals surface area (Å²) < 4.78 is 0. The summed E-state index contributed by atoms with van der Waals surface area (Å²) in [4.78, 5) is 28.0. The lowest BCUT2D eigenvalue weighted by Crippen LogP contribution is -2.65. The van der Waals surface area contributed by atoms with Crippen molar-refractivity contribution in [2.24, 2.45) is 5.92 Å². The molecule has 4 unspecified atom stereocenters. The van der Waals surface area contributed by atoms with E-state index in [1.807, 2.05) is 24.3 Å². The van der Waals surface area contributed by atoms with Crippen LogP contribution in [0.25, 0.3) is 0 Å². The lowest BCUT2D eigenvalue weighted by Gasteiger charge is -2.49. The highest BCUT2D eigenvalue weighted by Crippen LogP contribution is 2.43. The number of hydrazine groups is 1. The van der Waals surface area contributed by atoms with Crippen LogP contribution in [0, 0.1) is 5.92 Å². The van der Waals surface area contributed by atoms with Crippen molar-refractivity contribution in [2.45, 2.75) is 75.8 Å². The minimum absolute atomic E-state index is 0.0146. The molecule has 0 aliphatic carbocycles. The highest BCUT2D eigenvalue weighted by molar-refractivity contribution is 6.02. The molecule has 3 fully saturated rings. The number of carbonyl (C=O) groups excluding carboxylic acids is 2. The van der Waals surface area contributed by atoms with Gasteiger partial charge in [0, 0.05) is 55.0 Å². The lowest BCUT2D eigenvalue weighted by molar-refractivity contribution is -0.137. The van der Waals surface area contributed by atoms with Crippen LogP contribution in [0.3, 0.4) is 0 Å². The standard InChI is InChI=1S/C21H29N5O2/c1-12-17(13(2)25-24-12)9-19(27)26-14-7-8-15(26)11-21(10-14)22-18-6-4-3-5-16(18)20(28)23-21/h3-6,12-15,17,22,24-25H,7-11H2,1-2H3,(H,23,28). The summed E-state index contributed by atoms with van der Waals surface area (Å²) in [7, 11) is 0. The van der Waals surface area contributed by atoms with E-state index in [0.29, 0.717) is 30.0 Å². The topological polar surface area (TPSA) is 85.5 Å². The van der Waals surface area contributed by atoms with E-state index >= 15 is 0 Å². The Hall–Kier alpha value is -2.12. The van der Waals surface area contributed by atoms with Crippen molar-refractivity contribution in [1.82, 2.24) is 21.1 Å². The van der Waals surface area contributed by atoms with Crippen molar-refractivity contribution in [3.63, 3.8) is 0 Å². The van der Waals surface area contributed by atoms with Gasteiger partial charge in [-0.2, -0.15) is 0 Å². The van der Waals surface area contributed by atoms with Gasteiger partial charge in [0.05, 0.1) is 5.56 Å². The van der Waals surface area contributed by atoms with Crippen LogP contribution in [0.4, 0.5) is 5.69 Å². The summed E-state index contributed by atoms with van der Waals surface area (Å²) in [6.07, 6.45) is 4.14. The largest absolute Gasteiger partial charge is 0.362 e. The zero-order chi connectivity index (χ0) is 19.5. The molecule has 0 saturated carbocycles. The van der Waals surface area contributed by atoms with Gasteiger partial charge in [0.15, 0.2) is 0 Å². The minimum Gasteiger partial charge on any atom is -0.362 e. The van der Waals surface area contributed by atoms with Crippen LogP contribution in [-0.4, -0.2) is 46.5 Å². The Morgan fingerprint density at radius 2 is 1.71 bits per heavy atom. The van der Waals surface area contributed by atoms with Crippen molar-refractivity contribution in [1.29, 1.82) is 0 Å². The summed E-state index contributed by atoms with van der Waals surface area (Å²) in [6.45, 7) is 4.26. The van der Waals surface area contributed by atoms with E-state index in [9.17, 15) is 9.59 Å². The number of hydrogen-bond acceptors (Lipinski definition) is 5. The van der Waals surface area contributed by atoms with E-state index in [1.54, 1.807) is 0 Å². The minimum atomic E-state index is -0.439. The quantitative estimate of drug-likeness (QED) is 0.623. The van der Waals surface area contributed by atoms with Gasteiger partial charge in [-0.05, 0) is 38.8 Å². The number of carbonyl (C=O) groups is 2. The number of benzene rings is 1. The van der Waals surface area contributed by atoms with Crippen LogP contribution in [0.15, 0.2) is 24.3 Å². The monoisotopic (exact) mass is 383 g/mol. The Bertz CT molecular complexity index is 788. The Labute approximate surface area is 165 Å². The molecular weight excluding hydrogens is 354 g/mol. The maximum atomic E-state index is 13.2. The van der Waals surface area contributed by atoms with Gasteiger partial charge >= 0.3 is 0 Å². The zero-order valence-electron chi connectivity index (χ0n) is 16.5. The molecule has 150 valence electrons. The van der Waals surface area contributed by atoms with Gasteiger partial charge in [-0.25, -0.2) is 0 Å². The number of amides is 2. The SMILES string of the molecule is CC1NNC(C)C1CC(=O)N1C2CCC1CC1(C2)NC(=O)c2ccccc2N1. The molecule has 2 amide bonds. The van der Waals surface area contributed by atoms with Gasteiger partial charge in [0.1, 0.15) is 5.66 Å². The van der Waals surface area contributed by atoms with E-state index in [0.717, 1.165) is 31.4 Å². The first-order valence-corrected chi connectivity index (χ1v) is 10.5. The molecule has 2 bridgehead atoms. The van der Waals surface area contributed by atoms with E-state index < -0.39 is 5.66 Å². The number of fused-ring (bicyclic) bond motifs is 3. The predicted octanol–water partition coefficient (Wildman–Crippen LogP) is 1.58. The Balaban J connectivity index is 1.33. The van der Waals surface area contributed by atoms with Crippen molar-refractivity contribution >= 4 is 17.5 Å². The van der Waals surface area contributed by atoms with Crippen LogP contribution in [-0.2, 0) is 4.79 Å². The molecule has 1 spiro atoms. The normalized spacial score (nSPS) is 38.9. The molecule has 4 aliphatic rings. The van der Waals surface area contributed by atoms with E-state index in [1.165, 1.54) is 0 Å². The Kier molecular flexibility index (Phi) is 4.14. The van der Waals surface area contributed by atoms with Gasteiger partial charge < -0.3 is 15.5 Å². The van der Waals surface area contributed by atoms with E-state index in [2.05, 4.69) is 40.2 Å². The Morgan fingerprint density at radius 3 is 2.39 bits per heavy atom. The summed E-state index contributed by atoms with van der Waals surface area (Å²) >= 11 is 0. The fourth-order valence-electron chi connectivity index (χ4n) is 5.80. The number of nitrogens with one attached hydrogen (secondary N) is 4. The summed E-state index contributed by atoms with van der Waals surface area (Å²) in [5.41, 5.74) is 7.65. The highest BCUT2D eigenvalue weighted by Gasteiger charge is 2.52. The molecule has 4 aliphatic heterocycles. The van der Waals surface area contributed by atoms with E-state index in [4.69, 9.17) is 0 Å². The average Bonchev–Trinajstić information content (AvgIpc) is 3.13. The molecule has 0 aromatic heterocycles. The van der Waals surface area contributed by atoms with Crippen LogP contribution in [0.2, 0.25) is 0 Å². The molecule has 3 saturated heterocycles. The number of hydrogen-bond donors (Lipinski definition) is 4.